The van der Waals surface area contributed by atoms with Gasteiger partial charge >= 0.3 is 5.69 Å². The minimum atomic E-state index is -0.529. The molecule has 1 aromatic carbocycles. The van der Waals surface area contributed by atoms with Gasteiger partial charge in [-0.2, -0.15) is 0 Å². The summed E-state index contributed by atoms with van der Waals surface area (Å²) in [5.74, 6) is 0.715. The molecular formula is C22H25N5O5. The fourth-order valence-corrected chi connectivity index (χ4v) is 4.49. The lowest BCUT2D eigenvalue weighted by atomic mass is 10.2. The van der Waals surface area contributed by atoms with Gasteiger partial charge in [0.1, 0.15) is 0 Å². The van der Waals surface area contributed by atoms with Crippen molar-refractivity contribution in [1.29, 1.82) is 0 Å². The molecule has 10 nitrogen and oxygen atoms in total. The van der Waals surface area contributed by atoms with Gasteiger partial charge in [-0.1, -0.05) is 0 Å². The molecule has 3 aromatic rings. The number of anilines is 1. The van der Waals surface area contributed by atoms with Crippen LogP contribution in [0.25, 0.3) is 11.2 Å². The van der Waals surface area contributed by atoms with E-state index in [2.05, 4.69) is 10.3 Å². The molecule has 5 rings (SSSR count). The Morgan fingerprint density at radius 3 is 2.66 bits per heavy atom. The van der Waals surface area contributed by atoms with Crippen LogP contribution in [-0.2, 0) is 25.4 Å². The molecule has 32 heavy (non-hydrogen) atoms. The zero-order chi connectivity index (χ0) is 22.5. The third-order valence-corrected chi connectivity index (χ3v) is 6.20. The summed E-state index contributed by atoms with van der Waals surface area (Å²) >= 11 is 0. The topological polar surface area (TPSA) is 109 Å². The first-order valence-electron chi connectivity index (χ1n) is 10.8. The number of carbonyl (C=O) groups excluding carboxylic acids is 1. The second-order valence-corrected chi connectivity index (χ2v) is 8.45. The van der Waals surface area contributed by atoms with Crippen molar-refractivity contribution in [3.8, 4) is 11.5 Å². The largest absolute Gasteiger partial charge is 0.448 e. The van der Waals surface area contributed by atoms with Crippen molar-refractivity contribution in [2.75, 3.05) is 5.32 Å². The highest BCUT2D eigenvalue weighted by molar-refractivity contribution is 5.91. The second-order valence-electron chi connectivity index (χ2n) is 8.45. The molecule has 0 unspecified atom stereocenters. The van der Waals surface area contributed by atoms with Crippen molar-refractivity contribution in [2.45, 2.75) is 50.9 Å². The van der Waals surface area contributed by atoms with Crippen molar-refractivity contribution < 1.29 is 14.3 Å². The maximum atomic E-state index is 12.5. The molecule has 2 aliphatic rings. The number of rotatable bonds is 5. The molecule has 2 aromatic heterocycles. The molecule has 1 N–H and O–H groups in total. The van der Waals surface area contributed by atoms with E-state index in [1.807, 2.05) is 12.1 Å². The first-order valence-corrected chi connectivity index (χ1v) is 10.8. The summed E-state index contributed by atoms with van der Waals surface area (Å²) in [6, 6.07) is 5.44. The number of nitrogens with zero attached hydrogens (tertiary/aromatic N) is 4. The monoisotopic (exact) mass is 439 g/mol. The Bertz CT molecular complexity index is 1330. The third-order valence-electron chi connectivity index (χ3n) is 6.20. The normalized spacial score (nSPS) is 16.2. The van der Waals surface area contributed by atoms with Crippen LogP contribution in [-0.4, -0.2) is 30.4 Å². The van der Waals surface area contributed by atoms with Crippen molar-refractivity contribution in [1.82, 2.24) is 18.7 Å². The van der Waals surface area contributed by atoms with Gasteiger partial charge in [0.15, 0.2) is 22.7 Å². The summed E-state index contributed by atoms with van der Waals surface area (Å²) < 4.78 is 16.1. The van der Waals surface area contributed by atoms with Gasteiger partial charge < -0.3 is 19.4 Å². The highest BCUT2D eigenvalue weighted by Gasteiger charge is 2.44. The smallest absolute Gasteiger partial charge is 0.332 e. The first-order chi connectivity index (χ1) is 15.4. The molecule has 10 heteroatoms. The predicted octanol–water partition coefficient (Wildman–Crippen LogP) is 1.89. The van der Waals surface area contributed by atoms with Crippen LogP contribution in [0.2, 0.25) is 0 Å². The lowest BCUT2D eigenvalue weighted by Crippen LogP contribution is -2.37. The van der Waals surface area contributed by atoms with E-state index < -0.39 is 17.0 Å². The Labute approximate surface area is 183 Å². The molecule has 0 atom stereocenters. The van der Waals surface area contributed by atoms with Crippen LogP contribution in [0.5, 0.6) is 11.5 Å². The number of amides is 1. The van der Waals surface area contributed by atoms with E-state index in [1.54, 1.807) is 17.7 Å². The van der Waals surface area contributed by atoms with E-state index >= 15 is 0 Å². The zero-order valence-corrected chi connectivity index (χ0v) is 18.1. The molecule has 1 spiro atoms. The van der Waals surface area contributed by atoms with Gasteiger partial charge in [0.2, 0.25) is 5.91 Å². The second kappa shape index (κ2) is 7.54. The van der Waals surface area contributed by atoms with Crippen LogP contribution in [0.1, 0.15) is 38.5 Å². The van der Waals surface area contributed by atoms with Crippen LogP contribution in [0.4, 0.5) is 5.69 Å². The van der Waals surface area contributed by atoms with Crippen LogP contribution in [0, 0.1) is 0 Å². The van der Waals surface area contributed by atoms with E-state index in [-0.39, 0.29) is 12.3 Å². The first kappa shape index (κ1) is 20.3. The van der Waals surface area contributed by atoms with Gasteiger partial charge in [-0.15, -0.1) is 0 Å². The lowest BCUT2D eigenvalue weighted by molar-refractivity contribution is -0.116. The summed E-state index contributed by atoms with van der Waals surface area (Å²) in [4.78, 5) is 41.2. The van der Waals surface area contributed by atoms with E-state index in [4.69, 9.17) is 9.47 Å². The van der Waals surface area contributed by atoms with E-state index in [0.717, 1.165) is 30.3 Å². The quantitative estimate of drug-likeness (QED) is 0.650. The number of hydrogen-bond acceptors (Lipinski definition) is 6. The molecule has 1 saturated carbocycles. The molecule has 1 fully saturated rings. The van der Waals surface area contributed by atoms with Crippen LogP contribution >= 0.6 is 0 Å². The minimum Gasteiger partial charge on any atom is -0.448 e. The average molecular weight is 439 g/mol. The molecule has 168 valence electrons. The standard InChI is InChI=1S/C22H25N5O5/c1-25-19-18(20(29)26(2)21(25)30)27(13-23-19)11-5-6-17(28)24-14-7-8-15-16(12-14)32-22(31-15)9-3-4-10-22/h7-8,12-13H,3-6,9-11H2,1-2H3,(H,24,28). The van der Waals surface area contributed by atoms with Gasteiger partial charge in [0, 0.05) is 51.7 Å². The number of hydrogen-bond donors (Lipinski definition) is 1. The van der Waals surface area contributed by atoms with E-state index in [0.29, 0.717) is 41.3 Å². The summed E-state index contributed by atoms with van der Waals surface area (Å²) in [6.07, 6.45) is 6.24. The van der Waals surface area contributed by atoms with Gasteiger partial charge in [-0.05, 0) is 31.4 Å². The third kappa shape index (κ3) is 3.35. The average Bonchev–Trinajstić information content (AvgIpc) is 3.49. The van der Waals surface area contributed by atoms with Crippen molar-refractivity contribution in [2.24, 2.45) is 14.1 Å². The molecule has 0 saturated heterocycles. The number of benzene rings is 1. The van der Waals surface area contributed by atoms with Crippen LogP contribution in [0.15, 0.2) is 34.1 Å². The van der Waals surface area contributed by atoms with Crippen LogP contribution in [0.3, 0.4) is 0 Å². The number of aryl methyl sites for hydroxylation is 2. The Morgan fingerprint density at radius 1 is 1.12 bits per heavy atom. The number of imidazole rings is 1. The fourth-order valence-electron chi connectivity index (χ4n) is 4.49. The Balaban J connectivity index is 1.22. The van der Waals surface area contributed by atoms with Gasteiger partial charge in [0.05, 0.1) is 6.33 Å². The maximum absolute atomic E-state index is 12.5. The summed E-state index contributed by atoms with van der Waals surface area (Å²) in [5, 5.41) is 2.89. The molecule has 3 heterocycles. The number of fused-ring (bicyclic) bond motifs is 2. The summed E-state index contributed by atoms with van der Waals surface area (Å²) in [7, 11) is 3.02. The number of nitrogens with one attached hydrogen (secondary N) is 1. The number of ether oxygens (including phenoxy) is 2. The molecule has 1 aliphatic carbocycles. The highest BCUT2D eigenvalue weighted by atomic mass is 16.7. The van der Waals surface area contributed by atoms with E-state index in [9.17, 15) is 14.4 Å². The van der Waals surface area contributed by atoms with Crippen molar-refractivity contribution in [3.63, 3.8) is 0 Å². The van der Waals surface area contributed by atoms with Crippen molar-refractivity contribution >= 4 is 22.8 Å². The SMILES string of the molecule is Cn1c(=O)c2c(ncn2CCCC(=O)Nc2ccc3c(c2)OC2(CCCC2)O3)n(C)c1=O. The fraction of sp³-hybridized carbons (Fsp3) is 0.455. The molecule has 0 radical (unpaired) electrons. The predicted molar refractivity (Wildman–Crippen MR) is 117 cm³/mol. The van der Waals surface area contributed by atoms with Gasteiger partial charge in [-0.25, -0.2) is 9.78 Å². The maximum Gasteiger partial charge on any atom is 0.332 e. The van der Waals surface area contributed by atoms with Crippen LogP contribution < -0.4 is 26.0 Å². The highest BCUT2D eigenvalue weighted by Crippen LogP contribution is 2.47. The van der Waals surface area contributed by atoms with Gasteiger partial charge in [-0.3, -0.25) is 18.7 Å². The Kier molecular flexibility index (Phi) is 4.79. The Morgan fingerprint density at radius 2 is 1.88 bits per heavy atom. The molecule has 1 aliphatic heterocycles. The summed E-state index contributed by atoms with van der Waals surface area (Å²) in [5.41, 5.74) is 0.527. The van der Waals surface area contributed by atoms with E-state index in [1.165, 1.54) is 17.9 Å². The zero-order valence-electron chi connectivity index (χ0n) is 18.1. The number of aromatic nitrogens is 4. The molecular weight excluding hydrogens is 414 g/mol. The molecule has 0 bridgehead atoms. The Hall–Kier alpha value is -3.56. The molecule has 1 amide bonds. The van der Waals surface area contributed by atoms with Crippen molar-refractivity contribution in [3.05, 3.63) is 45.4 Å². The van der Waals surface area contributed by atoms with Gasteiger partial charge in [0.25, 0.3) is 11.3 Å². The number of carbonyl (C=O) groups is 1. The summed E-state index contributed by atoms with van der Waals surface area (Å²) in [6.45, 7) is 0.432. The lowest BCUT2D eigenvalue weighted by Gasteiger charge is -2.21. The minimum absolute atomic E-state index is 0.135.